The van der Waals surface area contributed by atoms with Crippen molar-refractivity contribution in [3.8, 4) is 0 Å². The summed E-state index contributed by atoms with van der Waals surface area (Å²) >= 11 is 6.07. The molecule has 88 valence electrons. The Hall–Kier alpha value is -1.02. The second kappa shape index (κ2) is 5.35. The third-order valence-corrected chi connectivity index (χ3v) is 3.30. The summed E-state index contributed by atoms with van der Waals surface area (Å²) in [6.07, 6.45) is 2.48. The summed E-state index contributed by atoms with van der Waals surface area (Å²) in [5, 5.41) is 9.91. The normalized spacial score (nSPS) is 14.4. The van der Waals surface area contributed by atoms with Gasteiger partial charge >= 0.3 is 5.97 Å². The first kappa shape index (κ1) is 13.0. The molecule has 0 aliphatic rings. The monoisotopic (exact) mass is 240 g/mol. The molecule has 3 heteroatoms. The van der Waals surface area contributed by atoms with Gasteiger partial charge in [-0.1, -0.05) is 49.6 Å². The molecule has 0 aliphatic carbocycles. The van der Waals surface area contributed by atoms with Crippen molar-refractivity contribution in [3.05, 3.63) is 34.9 Å². The Bertz CT molecular complexity index is 376. The van der Waals surface area contributed by atoms with Gasteiger partial charge in [-0.05, 0) is 25.0 Å². The largest absolute Gasteiger partial charge is 0.481 e. The minimum absolute atomic E-state index is 0.531. The molecule has 0 saturated heterocycles. The molecule has 0 aromatic heterocycles. The molecule has 2 nitrogen and oxygen atoms in total. The Labute approximate surface area is 101 Å². The molecule has 1 aromatic carbocycles. The molecule has 0 saturated carbocycles. The minimum Gasteiger partial charge on any atom is -0.481 e. The van der Waals surface area contributed by atoms with Crippen LogP contribution < -0.4 is 0 Å². The predicted octanol–water partition coefficient (Wildman–Crippen LogP) is 3.87. The summed E-state index contributed by atoms with van der Waals surface area (Å²) in [7, 11) is 0. The minimum atomic E-state index is -0.881. The lowest BCUT2D eigenvalue weighted by atomic mass is 9.78. The molecule has 1 unspecified atom stereocenters. The molecule has 1 aromatic rings. The standard InChI is InChI=1S/C13H17ClO2/c1-3-4-9-13(2,12(15)16)10-7-5-6-8-11(10)14/h5-8H,3-4,9H2,1-2H3,(H,15,16). The molecule has 16 heavy (non-hydrogen) atoms. The van der Waals surface area contributed by atoms with Gasteiger partial charge in [0.05, 0.1) is 5.41 Å². The molecular formula is C13H17ClO2. The maximum absolute atomic E-state index is 11.4. The highest BCUT2D eigenvalue weighted by Crippen LogP contribution is 2.34. The van der Waals surface area contributed by atoms with Crippen molar-refractivity contribution in [2.24, 2.45) is 0 Å². The van der Waals surface area contributed by atoms with Crippen LogP contribution in [0.2, 0.25) is 5.02 Å². The molecule has 0 spiro atoms. The molecule has 1 rings (SSSR count). The Morgan fingerprint density at radius 1 is 1.44 bits per heavy atom. The van der Waals surface area contributed by atoms with Crippen molar-refractivity contribution in [3.63, 3.8) is 0 Å². The van der Waals surface area contributed by atoms with Crippen LogP contribution in [0.3, 0.4) is 0 Å². The van der Waals surface area contributed by atoms with Crippen LogP contribution in [0.15, 0.2) is 24.3 Å². The lowest BCUT2D eigenvalue weighted by molar-refractivity contribution is -0.143. The van der Waals surface area contributed by atoms with E-state index >= 15 is 0 Å². The van der Waals surface area contributed by atoms with Crippen LogP contribution in [-0.2, 0) is 10.2 Å². The third-order valence-electron chi connectivity index (χ3n) is 2.97. The number of rotatable bonds is 5. The second-order valence-corrected chi connectivity index (χ2v) is 4.63. The zero-order valence-corrected chi connectivity index (χ0v) is 10.4. The quantitative estimate of drug-likeness (QED) is 0.848. The van der Waals surface area contributed by atoms with Crippen LogP contribution in [0.1, 0.15) is 38.7 Å². The van der Waals surface area contributed by atoms with Crippen LogP contribution in [0.4, 0.5) is 0 Å². The number of carboxylic acids is 1. The average molecular weight is 241 g/mol. The zero-order valence-electron chi connectivity index (χ0n) is 9.66. The number of benzene rings is 1. The molecule has 1 atom stereocenters. The lowest BCUT2D eigenvalue weighted by Crippen LogP contribution is -2.32. The van der Waals surface area contributed by atoms with Gasteiger partial charge in [-0.3, -0.25) is 4.79 Å². The number of halogens is 1. The highest BCUT2D eigenvalue weighted by Gasteiger charge is 2.35. The Morgan fingerprint density at radius 2 is 2.06 bits per heavy atom. The Balaban J connectivity index is 3.11. The van der Waals surface area contributed by atoms with E-state index in [1.54, 1.807) is 19.1 Å². The molecule has 1 N–H and O–H groups in total. The fourth-order valence-electron chi connectivity index (χ4n) is 1.80. The van der Waals surface area contributed by atoms with Crippen molar-refractivity contribution in [1.82, 2.24) is 0 Å². The maximum Gasteiger partial charge on any atom is 0.313 e. The summed E-state index contributed by atoms with van der Waals surface area (Å²) in [4.78, 5) is 11.4. The van der Waals surface area contributed by atoms with E-state index in [-0.39, 0.29) is 0 Å². The number of carboxylic acid groups (broad SMARTS) is 1. The van der Waals surface area contributed by atoms with Gasteiger partial charge in [0, 0.05) is 5.02 Å². The van der Waals surface area contributed by atoms with Crippen LogP contribution >= 0.6 is 11.6 Å². The lowest BCUT2D eigenvalue weighted by Gasteiger charge is -2.26. The van der Waals surface area contributed by atoms with E-state index in [0.29, 0.717) is 17.0 Å². The zero-order chi connectivity index (χ0) is 12.2. The van der Waals surface area contributed by atoms with Crippen LogP contribution in [0.5, 0.6) is 0 Å². The van der Waals surface area contributed by atoms with Gasteiger partial charge in [-0.2, -0.15) is 0 Å². The Kier molecular flexibility index (Phi) is 4.36. The van der Waals surface area contributed by atoms with Crippen molar-refractivity contribution >= 4 is 17.6 Å². The van der Waals surface area contributed by atoms with E-state index in [9.17, 15) is 9.90 Å². The van der Waals surface area contributed by atoms with Crippen molar-refractivity contribution in [2.45, 2.75) is 38.5 Å². The third kappa shape index (κ3) is 2.56. The average Bonchev–Trinajstić information content (AvgIpc) is 2.26. The van der Waals surface area contributed by atoms with Gasteiger partial charge in [-0.25, -0.2) is 0 Å². The highest BCUT2D eigenvalue weighted by atomic mass is 35.5. The highest BCUT2D eigenvalue weighted by molar-refractivity contribution is 6.31. The predicted molar refractivity (Wildman–Crippen MR) is 66.0 cm³/mol. The topological polar surface area (TPSA) is 37.3 Å². The van der Waals surface area contributed by atoms with Gasteiger partial charge in [0.25, 0.3) is 0 Å². The van der Waals surface area contributed by atoms with E-state index in [1.807, 2.05) is 12.1 Å². The van der Waals surface area contributed by atoms with Crippen molar-refractivity contribution in [2.75, 3.05) is 0 Å². The van der Waals surface area contributed by atoms with Crippen LogP contribution in [0, 0.1) is 0 Å². The maximum atomic E-state index is 11.4. The number of carbonyl (C=O) groups is 1. The summed E-state index contributed by atoms with van der Waals surface area (Å²) in [6, 6.07) is 7.18. The van der Waals surface area contributed by atoms with E-state index < -0.39 is 11.4 Å². The van der Waals surface area contributed by atoms with Crippen LogP contribution in [0.25, 0.3) is 0 Å². The van der Waals surface area contributed by atoms with Crippen molar-refractivity contribution in [1.29, 1.82) is 0 Å². The molecule has 0 heterocycles. The summed E-state index contributed by atoms with van der Waals surface area (Å²) in [5.74, 6) is -0.811. The van der Waals surface area contributed by atoms with Crippen LogP contribution in [-0.4, -0.2) is 11.1 Å². The number of hydrogen-bond donors (Lipinski definition) is 1. The van der Waals surface area contributed by atoms with Gasteiger partial charge < -0.3 is 5.11 Å². The van der Waals surface area contributed by atoms with E-state index in [1.165, 1.54) is 0 Å². The molecule has 0 fully saturated rings. The van der Waals surface area contributed by atoms with Gasteiger partial charge in [0.2, 0.25) is 0 Å². The molecule has 0 radical (unpaired) electrons. The first-order valence-electron chi connectivity index (χ1n) is 5.50. The molecule has 0 bridgehead atoms. The van der Waals surface area contributed by atoms with Crippen molar-refractivity contribution < 1.29 is 9.90 Å². The van der Waals surface area contributed by atoms with Gasteiger partial charge in [0.15, 0.2) is 0 Å². The fourth-order valence-corrected chi connectivity index (χ4v) is 2.14. The first-order chi connectivity index (χ1) is 7.52. The van der Waals surface area contributed by atoms with Gasteiger partial charge in [-0.15, -0.1) is 0 Å². The molecule has 0 amide bonds. The molecule has 0 aliphatic heterocycles. The number of hydrogen-bond acceptors (Lipinski definition) is 1. The molecular weight excluding hydrogens is 224 g/mol. The second-order valence-electron chi connectivity index (χ2n) is 4.22. The first-order valence-corrected chi connectivity index (χ1v) is 5.88. The fraction of sp³-hybridized carbons (Fsp3) is 0.462. The van der Waals surface area contributed by atoms with Gasteiger partial charge in [0.1, 0.15) is 0 Å². The van der Waals surface area contributed by atoms with E-state index in [4.69, 9.17) is 11.6 Å². The Morgan fingerprint density at radius 3 is 2.56 bits per heavy atom. The van der Waals surface area contributed by atoms with E-state index in [0.717, 1.165) is 12.8 Å². The number of unbranched alkanes of at least 4 members (excludes halogenated alkanes) is 1. The summed E-state index contributed by atoms with van der Waals surface area (Å²) < 4.78 is 0. The SMILES string of the molecule is CCCCC(C)(C(=O)O)c1ccccc1Cl. The summed E-state index contributed by atoms with van der Waals surface area (Å²) in [6.45, 7) is 3.79. The smallest absolute Gasteiger partial charge is 0.313 e. The van der Waals surface area contributed by atoms with E-state index in [2.05, 4.69) is 6.92 Å². The summed E-state index contributed by atoms with van der Waals surface area (Å²) in [5.41, 5.74) is -0.174. The number of aliphatic carboxylic acids is 1.